The lowest BCUT2D eigenvalue weighted by Gasteiger charge is -2.46. The summed E-state index contributed by atoms with van der Waals surface area (Å²) in [6, 6.07) is 41.2. The molecule has 13 atom stereocenters. The molecule has 8 aliphatic rings. The quantitative estimate of drug-likeness (QED) is 0.0237. The first-order valence-corrected chi connectivity index (χ1v) is 30.3. The van der Waals surface area contributed by atoms with Crippen LogP contribution in [0.1, 0.15) is 146 Å². The fourth-order valence-electron chi connectivity index (χ4n) is 15.3. The van der Waals surface area contributed by atoms with E-state index in [4.69, 9.17) is 25.9 Å². The summed E-state index contributed by atoms with van der Waals surface area (Å²) in [6.45, 7) is 2.09. The first-order valence-electron chi connectivity index (χ1n) is 28.8. The summed E-state index contributed by atoms with van der Waals surface area (Å²) in [7, 11) is -4.70. The van der Waals surface area contributed by atoms with Gasteiger partial charge in [-0.2, -0.15) is 8.42 Å². The number of aliphatic imine (C=N–C) groups is 1. The lowest BCUT2D eigenvalue weighted by molar-refractivity contribution is -0.0834. The summed E-state index contributed by atoms with van der Waals surface area (Å²) >= 11 is 0. The molecule has 13 heteroatoms. The van der Waals surface area contributed by atoms with E-state index in [9.17, 15) is 33.4 Å². The number of rotatable bonds is 9. The van der Waals surface area contributed by atoms with Crippen molar-refractivity contribution in [1.29, 1.82) is 0 Å². The standard InChI is InChI=1S/C67H73N3O9S/c1-40-12-13-47-33-56-23-25-58(47)60(40)36-62(80(75,76)77)61-35-51-30-50(34-57-28-42(39-71)9-5-10-46-31-55(73)22-24-59(46)64(51)78-57)63(61)44-16-19-52(20-17-44)67(79-56,70-65(68)69)38-53(27-41-7-3-2-4-8-41)66(74)26-6-11-48(37-66)45-15-14-43-18-21-54(72)32-49(43)29-45/h2-4,7-8,14-25,29,31-33,35,40,42,48,50,53,57,60-64,71-74H,6,9,11-13,26-28,30,34,36-39H2,1H3,(H4,68,69,70)(H,75,76,77). The highest BCUT2D eigenvalue weighted by Gasteiger charge is 2.51. The number of fused-ring (bicyclic) bond motifs is 10. The summed E-state index contributed by atoms with van der Waals surface area (Å²) in [5.41, 5.74) is 18.4. The molecule has 416 valence electrons. The van der Waals surface area contributed by atoms with Crippen LogP contribution < -0.4 is 16.2 Å². The molecule has 9 N–H and O–H groups in total. The van der Waals surface area contributed by atoms with E-state index >= 15 is 0 Å². The Morgan fingerprint density at radius 1 is 0.850 bits per heavy atom. The van der Waals surface area contributed by atoms with Crippen LogP contribution in [-0.2, 0) is 33.4 Å². The number of aromatic hydroxyl groups is 2. The zero-order valence-electron chi connectivity index (χ0n) is 45.3. The zero-order valence-corrected chi connectivity index (χ0v) is 46.1. The highest BCUT2D eigenvalue weighted by molar-refractivity contribution is 7.86. The van der Waals surface area contributed by atoms with E-state index in [0.717, 1.165) is 75.4 Å². The fraction of sp³-hybridized carbons (Fsp3) is 0.418. The largest absolute Gasteiger partial charge is 0.508 e. The number of hydrogen-bond donors (Lipinski definition) is 7. The van der Waals surface area contributed by atoms with E-state index in [1.165, 1.54) is 0 Å². The van der Waals surface area contributed by atoms with Crippen LogP contribution in [0.15, 0.2) is 144 Å². The minimum Gasteiger partial charge on any atom is -0.508 e. The molecule has 1 saturated carbocycles. The van der Waals surface area contributed by atoms with Crippen molar-refractivity contribution in [1.82, 2.24) is 0 Å². The van der Waals surface area contributed by atoms with Crippen molar-refractivity contribution in [3.63, 3.8) is 0 Å². The molecule has 0 aromatic heterocycles. The van der Waals surface area contributed by atoms with Gasteiger partial charge in [-0.05, 0) is 193 Å². The molecule has 2 fully saturated rings. The van der Waals surface area contributed by atoms with E-state index in [2.05, 4.69) is 61.2 Å². The number of ether oxygens (including phenoxy) is 2. The van der Waals surface area contributed by atoms with Crippen molar-refractivity contribution < 1.29 is 42.9 Å². The minimum absolute atomic E-state index is 0.0222. The van der Waals surface area contributed by atoms with Crippen LogP contribution in [-0.4, -0.2) is 62.9 Å². The second-order valence-corrected chi connectivity index (χ2v) is 26.0. The van der Waals surface area contributed by atoms with Gasteiger partial charge in [0.1, 0.15) is 23.4 Å². The van der Waals surface area contributed by atoms with Gasteiger partial charge >= 0.3 is 0 Å². The normalized spacial score (nSPS) is 30.3. The number of aliphatic hydroxyl groups excluding tert-OH is 1. The molecule has 5 heterocycles. The molecule has 0 spiro atoms. The average molecular weight is 1100 g/mol. The molecular formula is C67H73N3O9S. The summed E-state index contributed by atoms with van der Waals surface area (Å²) in [5.74, 6) is 5.16. The highest BCUT2D eigenvalue weighted by atomic mass is 32.2. The van der Waals surface area contributed by atoms with Gasteiger partial charge < -0.3 is 41.4 Å². The third kappa shape index (κ3) is 10.7. The van der Waals surface area contributed by atoms with Gasteiger partial charge in [0.15, 0.2) is 5.96 Å². The van der Waals surface area contributed by atoms with Crippen molar-refractivity contribution in [3.05, 3.63) is 184 Å². The Kier molecular flexibility index (Phi) is 14.6. The fourth-order valence-corrected chi connectivity index (χ4v) is 16.4. The number of phenolic OH excluding ortho intramolecular Hbond substituents is 2. The predicted octanol–water partition coefficient (Wildman–Crippen LogP) is 11.4. The Balaban J connectivity index is 1.02. The number of benzene rings is 6. The van der Waals surface area contributed by atoms with Gasteiger partial charge in [0.05, 0.1) is 17.0 Å². The highest BCUT2D eigenvalue weighted by Crippen LogP contribution is 2.56. The molecule has 10 bridgehead atoms. The number of nitrogens with zero attached hydrogens (tertiary/aromatic N) is 1. The van der Waals surface area contributed by atoms with E-state index in [0.29, 0.717) is 61.8 Å². The van der Waals surface area contributed by atoms with Crippen molar-refractivity contribution in [2.75, 3.05) is 6.61 Å². The summed E-state index contributed by atoms with van der Waals surface area (Å²) in [6.07, 6.45) is 8.31. The Hall–Kier alpha value is -6.66. The van der Waals surface area contributed by atoms with Crippen LogP contribution in [0.25, 0.3) is 10.8 Å². The number of nitrogens with two attached hydrogens (primary N) is 2. The van der Waals surface area contributed by atoms with Gasteiger partial charge in [0.25, 0.3) is 10.1 Å². The van der Waals surface area contributed by atoms with E-state index in [-0.39, 0.29) is 72.6 Å². The predicted molar refractivity (Wildman–Crippen MR) is 311 cm³/mol. The maximum atomic E-state index is 14.4. The Morgan fingerprint density at radius 2 is 1.61 bits per heavy atom. The summed E-state index contributed by atoms with van der Waals surface area (Å²) in [4.78, 5) is 5.16. The number of hydrogen-bond acceptors (Lipinski definition) is 9. The molecule has 13 unspecified atom stereocenters. The van der Waals surface area contributed by atoms with E-state index in [1.807, 2.05) is 66.7 Å². The molecule has 80 heavy (non-hydrogen) atoms. The van der Waals surface area contributed by atoms with Gasteiger partial charge in [-0.25, -0.2) is 4.99 Å². The van der Waals surface area contributed by atoms with Crippen molar-refractivity contribution in [2.45, 2.75) is 137 Å². The number of phenols is 2. The molecular weight excluding hydrogens is 1020 g/mol. The Morgan fingerprint density at radius 3 is 2.40 bits per heavy atom. The lowest BCUT2D eigenvalue weighted by atomic mass is 9.64. The first-order chi connectivity index (χ1) is 38.5. The molecule has 3 aliphatic carbocycles. The monoisotopic (exact) mass is 1100 g/mol. The molecule has 0 amide bonds. The van der Waals surface area contributed by atoms with Gasteiger partial charge in [0.2, 0.25) is 5.72 Å². The molecule has 5 aliphatic heterocycles. The van der Waals surface area contributed by atoms with E-state index in [1.54, 1.807) is 24.3 Å². The first kappa shape index (κ1) is 54.0. The molecule has 6 aromatic rings. The SMILES string of the molecule is CC1CCc2cc3ccc2C1CC(S(=O)(=O)O)C1C=C2CC(CC4CC(CO)CC#Cc5cc(O)ccc5C2O4)C1c1ccc(cc1)C(CC(Cc1ccccc1)C1(O)CCCC(c2ccc4ccc(O)cc4c2)C1)(N=C(N)N)O3. The maximum Gasteiger partial charge on any atom is 0.268 e. The second kappa shape index (κ2) is 21.7. The van der Waals surface area contributed by atoms with Gasteiger partial charge in [-0.1, -0.05) is 116 Å². The van der Waals surface area contributed by atoms with E-state index < -0.39 is 50.6 Å². The molecule has 6 aromatic carbocycles. The van der Waals surface area contributed by atoms with Crippen LogP contribution in [0.2, 0.25) is 0 Å². The smallest absolute Gasteiger partial charge is 0.268 e. The number of aliphatic hydroxyl groups is 2. The molecule has 14 rings (SSSR count). The zero-order chi connectivity index (χ0) is 55.5. The minimum atomic E-state index is -4.70. The molecule has 1 saturated heterocycles. The third-order valence-corrected chi connectivity index (χ3v) is 20.5. The van der Waals surface area contributed by atoms with Crippen molar-refractivity contribution >= 4 is 26.9 Å². The number of guanidine groups is 1. The van der Waals surface area contributed by atoms with Gasteiger partial charge in [-0.3, -0.25) is 4.55 Å². The van der Waals surface area contributed by atoms with Crippen molar-refractivity contribution in [3.8, 4) is 29.1 Å². The summed E-state index contributed by atoms with van der Waals surface area (Å²) < 4.78 is 55.3. The van der Waals surface area contributed by atoms with Crippen molar-refractivity contribution in [2.24, 2.45) is 46.0 Å². The Labute approximate surface area is 469 Å². The maximum absolute atomic E-state index is 14.4. The van der Waals surface area contributed by atoms with Crippen LogP contribution >= 0.6 is 0 Å². The molecule has 12 nitrogen and oxygen atoms in total. The van der Waals surface area contributed by atoms with Gasteiger partial charge in [0, 0.05) is 42.1 Å². The number of allylic oxidation sites excluding steroid dienone is 1. The Bertz CT molecular complexity index is 3540. The summed E-state index contributed by atoms with van der Waals surface area (Å²) in [5, 5.41) is 46.2. The van der Waals surface area contributed by atoms with Gasteiger partial charge in [-0.15, -0.1) is 0 Å². The topological polar surface area (TPSA) is 218 Å². The lowest BCUT2D eigenvalue weighted by Crippen LogP contribution is -2.48. The average Bonchev–Trinajstić information content (AvgIpc) is 3.63. The van der Waals surface area contributed by atoms with Crippen LogP contribution in [0.5, 0.6) is 17.2 Å². The van der Waals surface area contributed by atoms with Crippen LogP contribution in [0, 0.1) is 41.4 Å². The van der Waals surface area contributed by atoms with Crippen LogP contribution in [0.4, 0.5) is 0 Å². The van der Waals surface area contributed by atoms with Crippen LogP contribution in [0.3, 0.4) is 0 Å². The second-order valence-electron chi connectivity index (χ2n) is 24.3. The number of aryl methyl sites for hydroxylation is 1. The third-order valence-electron chi connectivity index (χ3n) is 19.2. The molecule has 0 radical (unpaired) electrons.